The summed E-state index contributed by atoms with van der Waals surface area (Å²) in [6, 6.07) is 17.2. The van der Waals surface area contributed by atoms with E-state index in [1.807, 2.05) is 7.05 Å². The van der Waals surface area contributed by atoms with Crippen molar-refractivity contribution in [2.75, 3.05) is 7.05 Å². The van der Waals surface area contributed by atoms with Gasteiger partial charge >= 0.3 is 0 Å². The first-order valence-electron chi connectivity index (χ1n) is 5.30. The fourth-order valence-corrected chi connectivity index (χ4v) is 2.09. The van der Waals surface area contributed by atoms with Gasteiger partial charge in [0.25, 0.3) is 0 Å². The number of hydrogen-bond donors (Lipinski definition) is 1. The van der Waals surface area contributed by atoms with Crippen molar-refractivity contribution in [2.45, 2.75) is 11.8 Å². The van der Waals surface area contributed by atoms with Gasteiger partial charge in [-0.05, 0) is 49.2 Å². The molecule has 0 amide bonds. The zero-order chi connectivity index (χ0) is 11.4. The lowest BCUT2D eigenvalue weighted by Gasteiger charge is -2.04. The molecule has 2 aromatic carbocycles. The molecule has 1 N–H and O–H groups in total. The van der Waals surface area contributed by atoms with Crippen LogP contribution in [0.15, 0.2) is 53.4 Å². The molecule has 2 aromatic rings. The molecule has 0 heterocycles. The Morgan fingerprint density at radius 1 is 0.812 bits per heavy atom. The van der Waals surface area contributed by atoms with E-state index in [9.17, 15) is 0 Å². The Kier molecular flexibility index (Phi) is 3.65. The van der Waals surface area contributed by atoms with E-state index in [0.29, 0.717) is 0 Å². The van der Waals surface area contributed by atoms with Gasteiger partial charge in [-0.25, -0.2) is 0 Å². The molecule has 0 spiro atoms. The smallest absolute Gasteiger partial charge is 0.0228 e. The third kappa shape index (κ3) is 2.65. The molecule has 0 radical (unpaired) electrons. The molecule has 0 aliphatic heterocycles. The van der Waals surface area contributed by atoms with E-state index >= 15 is 0 Å². The van der Waals surface area contributed by atoms with Crippen molar-refractivity contribution in [1.82, 2.24) is 4.72 Å². The SMILES string of the molecule is CNSc1ccc(-c2ccc(C)cc2)cc1. The summed E-state index contributed by atoms with van der Waals surface area (Å²) in [5.41, 5.74) is 3.83. The molecule has 0 aliphatic rings. The van der Waals surface area contributed by atoms with Crippen LogP contribution in [0.5, 0.6) is 0 Å². The molecule has 16 heavy (non-hydrogen) atoms. The second kappa shape index (κ2) is 5.19. The lowest BCUT2D eigenvalue weighted by Crippen LogP contribution is -1.89. The van der Waals surface area contributed by atoms with Gasteiger partial charge in [0.1, 0.15) is 0 Å². The van der Waals surface area contributed by atoms with Gasteiger partial charge in [-0.3, -0.25) is 4.72 Å². The summed E-state index contributed by atoms with van der Waals surface area (Å²) < 4.78 is 3.07. The van der Waals surface area contributed by atoms with Crippen LogP contribution in [0.2, 0.25) is 0 Å². The molecule has 0 unspecified atom stereocenters. The zero-order valence-corrected chi connectivity index (χ0v) is 10.3. The van der Waals surface area contributed by atoms with E-state index in [1.54, 1.807) is 11.9 Å². The molecule has 1 nitrogen and oxygen atoms in total. The van der Waals surface area contributed by atoms with Gasteiger partial charge in [0.05, 0.1) is 0 Å². The van der Waals surface area contributed by atoms with Crippen molar-refractivity contribution in [3.8, 4) is 11.1 Å². The number of nitrogens with one attached hydrogen (secondary N) is 1. The Labute approximate surface area is 101 Å². The fourth-order valence-electron chi connectivity index (χ4n) is 1.58. The van der Waals surface area contributed by atoms with Crippen molar-refractivity contribution in [3.05, 3.63) is 54.1 Å². The van der Waals surface area contributed by atoms with Crippen LogP contribution in [0.1, 0.15) is 5.56 Å². The topological polar surface area (TPSA) is 12.0 Å². The van der Waals surface area contributed by atoms with E-state index in [-0.39, 0.29) is 0 Å². The third-order valence-electron chi connectivity index (χ3n) is 2.46. The summed E-state index contributed by atoms with van der Waals surface area (Å²) >= 11 is 1.63. The van der Waals surface area contributed by atoms with E-state index in [0.717, 1.165) is 0 Å². The average molecular weight is 229 g/mol. The highest BCUT2D eigenvalue weighted by atomic mass is 32.2. The third-order valence-corrected chi connectivity index (χ3v) is 3.17. The molecule has 0 fully saturated rings. The van der Waals surface area contributed by atoms with Crippen LogP contribution in [-0.2, 0) is 0 Å². The molecule has 0 bridgehead atoms. The van der Waals surface area contributed by atoms with Crippen LogP contribution in [0.4, 0.5) is 0 Å². The second-order valence-electron chi connectivity index (χ2n) is 3.70. The Balaban J connectivity index is 2.24. The van der Waals surface area contributed by atoms with Gasteiger partial charge in [0.2, 0.25) is 0 Å². The minimum atomic E-state index is 1.23. The average Bonchev–Trinajstić information content (AvgIpc) is 2.32. The predicted molar refractivity (Wildman–Crippen MR) is 71.5 cm³/mol. The van der Waals surface area contributed by atoms with Crippen molar-refractivity contribution >= 4 is 11.9 Å². The summed E-state index contributed by atoms with van der Waals surface area (Å²) in [7, 11) is 1.93. The van der Waals surface area contributed by atoms with Gasteiger partial charge in [-0.15, -0.1) is 0 Å². The van der Waals surface area contributed by atoms with Crippen LogP contribution in [0.3, 0.4) is 0 Å². The minimum Gasteiger partial charge on any atom is -0.263 e. The normalized spacial score (nSPS) is 10.4. The summed E-state index contributed by atoms with van der Waals surface area (Å²) in [5, 5.41) is 0. The van der Waals surface area contributed by atoms with Gasteiger partial charge in [0.15, 0.2) is 0 Å². The molecule has 0 aromatic heterocycles. The highest BCUT2D eigenvalue weighted by Crippen LogP contribution is 2.22. The molecule has 0 saturated heterocycles. The predicted octanol–water partition coefficient (Wildman–Crippen LogP) is 3.89. The Morgan fingerprint density at radius 3 is 1.81 bits per heavy atom. The highest BCUT2D eigenvalue weighted by molar-refractivity contribution is 7.97. The first-order chi connectivity index (χ1) is 7.79. The van der Waals surface area contributed by atoms with Gasteiger partial charge < -0.3 is 0 Å². The van der Waals surface area contributed by atoms with E-state index < -0.39 is 0 Å². The van der Waals surface area contributed by atoms with Gasteiger partial charge in [0, 0.05) is 4.90 Å². The van der Waals surface area contributed by atoms with Crippen molar-refractivity contribution in [2.24, 2.45) is 0 Å². The number of hydrogen-bond acceptors (Lipinski definition) is 2. The van der Waals surface area contributed by atoms with Crippen LogP contribution in [0, 0.1) is 6.92 Å². The van der Waals surface area contributed by atoms with E-state index in [2.05, 4.69) is 60.2 Å². The molecule has 2 rings (SSSR count). The maximum absolute atomic E-state index is 3.07. The zero-order valence-electron chi connectivity index (χ0n) is 9.53. The maximum atomic E-state index is 3.07. The Morgan fingerprint density at radius 2 is 1.31 bits per heavy atom. The monoisotopic (exact) mass is 229 g/mol. The lowest BCUT2D eigenvalue weighted by molar-refractivity contribution is 1.28. The molecule has 2 heteroatoms. The minimum absolute atomic E-state index is 1.23. The highest BCUT2D eigenvalue weighted by Gasteiger charge is 1.97. The van der Waals surface area contributed by atoms with Crippen LogP contribution in [-0.4, -0.2) is 7.05 Å². The van der Waals surface area contributed by atoms with Gasteiger partial charge in [-0.1, -0.05) is 42.0 Å². The molecular formula is C14H15NS. The molecular weight excluding hydrogens is 214 g/mol. The van der Waals surface area contributed by atoms with Crippen molar-refractivity contribution < 1.29 is 0 Å². The first kappa shape index (κ1) is 11.2. The van der Waals surface area contributed by atoms with E-state index in [1.165, 1.54) is 21.6 Å². The quantitative estimate of drug-likeness (QED) is 0.801. The summed E-state index contributed by atoms with van der Waals surface area (Å²) in [6.45, 7) is 2.11. The first-order valence-corrected chi connectivity index (χ1v) is 6.12. The van der Waals surface area contributed by atoms with Crippen molar-refractivity contribution in [3.63, 3.8) is 0 Å². The summed E-state index contributed by atoms with van der Waals surface area (Å²) in [4.78, 5) is 1.23. The van der Waals surface area contributed by atoms with Crippen LogP contribution < -0.4 is 4.72 Å². The van der Waals surface area contributed by atoms with Crippen LogP contribution in [0.25, 0.3) is 11.1 Å². The number of rotatable bonds is 3. The molecule has 0 atom stereocenters. The maximum Gasteiger partial charge on any atom is 0.0228 e. The molecule has 0 aliphatic carbocycles. The molecule has 0 saturated carbocycles. The summed E-state index contributed by atoms with van der Waals surface area (Å²) in [5.74, 6) is 0. The Bertz CT molecular complexity index is 445. The molecule has 82 valence electrons. The largest absolute Gasteiger partial charge is 0.263 e. The lowest BCUT2D eigenvalue weighted by atomic mass is 10.0. The fraction of sp³-hybridized carbons (Fsp3) is 0.143. The Hall–Kier alpha value is -1.25. The standard InChI is InChI=1S/C14H15NS/c1-11-3-5-12(6-4-11)13-7-9-14(10-8-13)16-15-2/h3-10,15H,1-2H3. The van der Waals surface area contributed by atoms with Crippen LogP contribution >= 0.6 is 11.9 Å². The van der Waals surface area contributed by atoms with Crippen molar-refractivity contribution in [1.29, 1.82) is 0 Å². The van der Waals surface area contributed by atoms with Gasteiger partial charge in [-0.2, -0.15) is 0 Å². The number of aryl methyl sites for hydroxylation is 1. The second-order valence-corrected chi connectivity index (χ2v) is 4.78. The summed E-state index contributed by atoms with van der Waals surface area (Å²) in [6.07, 6.45) is 0. The number of benzene rings is 2. The van der Waals surface area contributed by atoms with E-state index in [4.69, 9.17) is 0 Å².